The molecule has 1 rings (SSSR count). The second-order valence-electron chi connectivity index (χ2n) is 5.37. The Kier molecular flexibility index (Phi) is 8.05. The van der Waals surface area contributed by atoms with E-state index in [-0.39, 0.29) is 0 Å². The summed E-state index contributed by atoms with van der Waals surface area (Å²) in [6, 6.07) is 2.37. The van der Waals surface area contributed by atoms with Gasteiger partial charge < -0.3 is 15.5 Å². The lowest BCUT2D eigenvalue weighted by Crippen LogP contribution is -2.35. The molecular formula is C16H31N5. The zero-order valence-electron chi connectivity index (χ0n) is 14.2. The maximum absolute atomic E-state index is 4.62. The van der Waals surface area contributed by atoms with E-state index in [2.05, 4.69) is 60.1 Å². The van der Waals surface area contributed by atoms with Gasteiger partial charge in [-0.25, -0.2) is 9.97 Å². The molecule has 0 radical (unpaired) electrons. The van der Waals surface area contributed by atoms with Crippen molar-refractivity contribution in [3.8, 4) is 0 Å². The normalized spacial score (nSPS) is 12.5. The summed E-state index contributed by atoms with van der Waals surface area (Å²) in [5, 5.41) is 6.79. The maximum atomic E-state index is 4.62. The molecule has 0 bridgehead atoms. The number of nitrogens with zero attached hydrogens (tertiary/aromatic N) is 3. The van der Waals surface area contributed by atoms with E-state index >= 15 is 0 Å². The van der Waals surface area contributed by atoms with Gasteiger partial charge in [0, 0.05) is 31.6 Å². The number of aromatic nitrogens is 2. The topological polar surface area (TPSA) is 53.1 Å². The molecule has 0 aliphatic rings. The number of anilines is 2. The average molecular weight is 293 g/mol. The van der Waals surface area contributed by atoms with E-state index in [0.29, 0.717) is 6.04 Å². The van der Waals surface area contributed by atoms with Crippen LogP contribution >= 0.6 is 0 Å². The molecule has 1 aromatic rings. The number of likely N-dealkylation sites (N-methyl/N-ethyl adjacent to an activating group) is 1. The van der Waals surface area contributed by atoms with Gasteiger partial charge in [-0.05, 0) is 33.4 Å². The van der Waals surface area contributed by atoms with Gasteiger partial charge in [0.15, 0.2) is 0 Å². The Hall–Kier alpha value is -1.36. The summed E-state index contributed by atoms with van der Waals surface area (Å²) in [4.78, 5) is 11.6. The Morgan fingerprint density at radius 2 is 1.76 bits per heavy atom. The molecule has 1 aromatic heterocycles. The van der Waals surface area contributed by atoms with Crippen molar-refractivity contribution < 1.29 is 0 Å². The van der Waals surface area contributed by atoms with E-state index in [1.54, 1.807) is 0 Å². The van der Waals surface area contributed by atoms with E-state index in [1.165, 1.54) is 0 Å². The monoisotopic (exact) mass is 293 g/mol. The summed E-state index contributed by atoms with van der Waals surface area (Å²) in [7, 11) is 0. The van der Waals surface area contributed by atoms with Gasteiger partial charge >= 0.3 is 0 Å². The molecule has 1 atom stereocenters. The third kappa shape index (κ3) is 6.29. The van der Waals surface area contributed by atoms with Crippen molar-refractivity contribution in [2.75, 3.05) is 36.8 Å². The van der Waals surface area contributed by atoms with Crippen molar-refractivity contribution in [1.82, 2.24) is 14.9 Å². The summed E-state index contributed by atoms with van der Waals surface area (Å²) in [5.74, 6) is 2.74. The summed E-state index contributed by atoms with van der Waals surface area (Å²) in [6.45, 7) is 14.9. The predicted molar refractivity (Wildman–Crippen MR) is 91.1 cm³/mol. The van der Waals surface area contributed by atoms with Gasteiger partial charge in [0.05, 0.1) is 0 Å². The maximum Gasteiger partial charge on any atom is 0.133 e. The first-order valence-electron chi connectivity index (χ1n) is 8.23. The first kappa shape index (κ1) is 17.7. The van der Waals surface area contributed by atoms with Gasteiger partial charge in [-0.15, -0.1) is 0 Å². The summed E-state index contributed by atoms with van der Waals surface area (Å²) < 4.78 is 0. The van der Waals surface area contributed by atoms with Crippen molar-refractivity contribution in [3.63, 3.8) is 0 Å². The quantitative estimate of drug-likeness (QED) is 0.694. The Balaban J connectivity index is 2.75. The lowest BCUT2D eigenvalue weighted by atomic mass is 10.3. The molecule has 21 heavy (non-hydrogen) atoms. The minimum atomic E-state index is 0.365. The number of aryl methyl sites for hydroxylation is 1. The molecule has 5 nitrogen and oxygen atoms in total. The van der Waals surface area contributed by atoms with Crippen LogP contribution in [-0.2, 0) is 6.42 Å². The Bertz CT molecular complexity index is 379. The fourth-order valence-corrected chi connectivity index (χ4v) is 2.35. The van der Waals surface area contributed by atoms with Crippen LogP contribution in [0.1, 0.15) is 46.9 Å². The van der Waals surface area contributed by atoms with Crippen LogP contribution in [0, 0.1) is 0 Å². The fraction of sp³-hybridized carbons (Fsp3) is 0.750. The fourth-order valence-electron chi connectivity index (χ4n) is 2.35. The molecule has 0 saturated carbocycles. The third-order valence-corrected chi connectivity index (χ3v) is 3.42. The minimum absolute atomic E-state index is 0.365. The van der Waals surface area contributed by atoms with E-state index in [9.17, 15) is 0 Å². The molecule has 1 unspecified atom stereocenters. The SMILES string of the molecule is CCCc1nc(NCC)cc(NC(C)CN(CC)CC)n1. The molecule has 5 heteroatoms. The van der Waals surface area contributed by atoms with E-state index in [4.69, 9.17) is 0 Å². The van der Waals surface area contributed by atoms with Crippen molar-refractivity contribution in [2.24, 2.45) is 0 Å². The first-order valence-corrected chi connectivity index (χ1v) is 8.23. The molecule has 0 aliphatic heterocycles. The third-order valence-electron chi connectivity index (χ3n) is 3.42. The number of nitrogens with one attached hydrogen (secondary N) is 2. The Labute approximate surface area is 129 Å². The van der Waals surface area contributed by atoms with Gasteiger partial charge in [0.2, 0.25) is 0 Å². The second kappa shape index (κ2) is 9.55. The zero-order valence-corrected chi connectivity index (χ0v) is 14.2. The molecule has 0 saturated heterocycles. The second-order valence-corrected chi connectivity index (χ2v) is 5.37. The molecule has 0 spiro atoms. The van der Waals surface area contributed by atoms with Crippen LogP contribution in [0.5, 0.6) is 0 Å². The highest BCUT2D eigenvalue weighted by molar-refractivity contribution is 5.48. The number of hydrogen-bond acceptors (Lipinski definition) is 5. The van der Waals surface area contributed by atoms with Crippen LogP contribution in [-0.4, -0.2) is 47.1 Å². The smallest absolute Gasteiger partial charge is 0.133 e. The summed E-state index contributed by atoms with van der Waals surface area (Å²) in [5.41, 5.74) is 0. The van der Waals surface area contributed by atoms with Gasteiger partial charge in [0.25, 0.3) is 0 Å². The zero-order chi connectivity index (χ0) is 15.7. The minimum Gasteiger partial charge on any atom is -0.370 e. The van der Waals surface area contributed by atoms with Crippen molar-refractivity contribution in [3.05, 3.63) is 11.9 Å². The highest BCUT2D eigenvalue weighted by Gasteiger charge is 2.10. The molecule has 0 aromatic carbocycles. The van der Waals surface area contributed by atoms with Gasteiger partial charge in [-0.1, -0.05) is 20.8 Å². The van der Waals surface area contributed by atoms with Crippen LogP contribution < -0.4 is 10.6 Å². The van der Waals surface area contributed by atoms with Crippen molar-refractivity contribution in [2.45, 2.75) is 53.5 Å². The van der Waals surface area contributed by atoms with Crippen LogP contribution in [0.15, 0.2) is 6.07 Å². The van der Waals surface area contributed by atoms with Crippen LogP contribution in [0.2, 0.25) is 0 Å². The average Bonchev–Trinajstić information content (AvgIpc) is 2.45. The molecule has 0 amide bonds. The molecule has 2 N–H and O–H groups in total. The lowest BCUT2D eigenvalue weighted by molar-refractivity contribution is 0.294. The highest BCUT2D eigenvalue weighted by atomic mass is 15.2. The number of rotatable bonds is 10. The predicted octanol–water partition coefficient (Wildman–Crippen LogP) is 3.00. The van der Waals surface area contributed by atoms with Crippen molar-refractivity contribution >= 4 is 11.6 Å². The Morgan fingerprint density at radius 3 is 2.33 bits per heavy atom. The summed E-state index contributed by atoms with van der Waals surface area (Å²) in [6.07, 6.45) is 1.97. The van der Waals surface area contributed by atoms with Gasteiger partial charge in [-0.3, -0.25) is 0 Å². The highest BCUT2D eigenvalue weighted by Crippen LogP contribution is 2.13. The standard InChI is InChI=1S/C16H31N5/c1-6-10-14-19-15(17-7-2)11-16(20-14)18-13(5)12-21(8-3)9-4/h11,13H,6-10,12H2,1-5H3,(H2,17,18,19,20). The number of hydrogen-bond donors (Lipinski definition) is 2. The van der Waals surface area contributed by atoms with Crippen molar-refractivity contribution in [1.29, 1.82) is 0 Å². The summed E-state index contributed by atoms with van der Waals surface area (Å²) >= 11 is 0. The lowest BCUT2D eigenvalue weighted by Gasteiger charge is -2.24. The van der Waals surface area contributed by atoms with E-state index in [0.717, 1.165) is 56.5 Å². The van der Waals surface area contributed by atoms with Crippen LogP contribution in [0.25, 0.3) is 0 Å². The molecular weight excluding hydrogens is 262 g/mol. The van der Waals surface area contributed by atoms with Gasteiger partial charge in [-0.2, -0.15) is 0 Å². The first-order chi connectivity index (χ1) is 10.1. The molecule has 1 heterocycles. The van der Waals surface area contributed by atoms with E-state index < -0.39 is 0 Å². The molecule has 120 valence electrons. The van der Waals surface area contributed by atoms with Crippen LogP contribution in [0.4, 0.5) is 11.6 Å². The van der Waals surface area contributed by atoms with Crippen LogP contribution in [0.3, 0.4) is 0 Å². The van der Waals surface area contributed by atoms with E-state index in [1.807, 2.05) is 6.07 Å². The largest absolute Gasteiger partial charge is 0.370 e. The molecule has 0 aliphatic carbocycles. The Morgan fingerprint density at radius 1 is 1.10 bits per heavy atom. The van der Waals surface area contributed by atoms with Gasteiger partial charge in [0.1, 0.15) is 17.5 Å². The molecule has 0 fully saturated rings.